The third-order valence-corrected chi connectivity index (χ3v) is 8.14. The molecule has 202 valence electrons. The van der Waals surface area contributed by atoms with Gasteiger partial charge in [0.25, 0.3) is 0 Å². The summed E-state index contributed by atoms with van der Waals surface area (Å²) in [5.41, 5.74) is 8.69. The molecule has 0 spiro atoms. The summed E-state index contributed by atoms with van der Waals surface area (Å²) in [5, 5.41) is 19.3. The molecule has 1 aliphatic heterocycles. The number of hydrogen-bond acceptors (Lipinski definition) is 7. The zero-order valence-electron chi connectivity index (χ0n) is 20.9. The molecular weight excluding hydrogens is 527 g/mol. The number of benzene rings is 2. The third kappa shape index (κ3) is 4.92. The van der Waals surface area contributed by atoms with Gasteiger partial charge in [-0.3, -0.25) is 9.99 Å². The summed E-state index contributed by atoms with van der Waals surface area (Å²) >= 11 is 6.66. The number of hydrogen-bond donors (Lipinski definition) is 4. The number of hydrazine groups is 2. The summed E-state index contributed by atoms with van der Waals surface area (Å²) in [6.45, 7) is 0.0470. The first kappa shape index (κ1) is 25.6. The van der Waals surface area contributed by atoms with Crippen molar-refractivity contribution >= 4 is 33.9 Å². The van der Waals surface area contributed by atoms with Crippen LogP contribution in [-0.2, 0) is 0 Å². The Kier molecular flexibility index (Phi) is 6.65. The van der Waals surface area contributed by atoms with Gasteiger partial charge in [0.2, 0.25) is 6.43 Å². The summed E-state index contributed by atoms with van der Waals surface area (Å²) in [6.07, 6.45) is 4.78. The lowest BCUT2D eigenvalue weighted by Gasteiger charge is -2.41. The second-order valence-corrected chi connectivity index (χ2v) is 10.9. The second-order valence-electron chi connectivity index (χ2n) is 10.5. The van der Waals surface area contributed by atoms with Crippen molar-refractivity contribution in [1.82, 2.24) is 21.0 Å². The van der Waals surface area contributed by atoms with E-state index in [4.69, 9.17) is 11.6 Å². The highest BCUT2D eigenvalue weighted by molar-refractivity contribution is 6.35. The molecule has 1 aromatic heterocycles. The van der Waals surface area contributed by atoms with Crippen LogP contribution in [0.5, 0.6) is 0 Å². The van der Waals surface area contributed by atoms with Crippen LogP contribution in [0.25, 0.3) is 10.9 Å². The standard InChI is InChI=1S/C28H27ClF3N7/c29-22-11-19(36-25(16-2-4-18(30)5-3-16)23-14-39(38-37-23)20-6-7-20)10-21-24(17(12-33)13-34-26(21)22)35-15-28(27(31)32)8-1-9-28/h2-5,10-11,13-14,20,25,27,36-38H,1,6-9,15H2,(H,34,35). The number of fused-ring (bicyclic) bond motifs is 1. The van der Waals surface area contributed by atoms with Gasteiger partial charge >= 0.3 is 0 Å². The average molecular weight is 554 g/mol. The van der Waals surface area contributed by atoms with Crippen LogP contribution in [0.15, 0.2) is 54.5 Å². The topological polar surface area (TPSA) is 88.0 Å². The molecule has 1 unspecified atom stereocenters. The minimum atomic E-state index is -2.45. The van der Waals surface area contributed by atoms with Crippen molar-refractivity contribution in [2.75, 3.05) is 17.2 Å². The Bertz CT molecular complexity index is 1460. The quantitative estimate of drug-likeness (QED) is 0.250. The van der Waals surface area contributed by atoms with Gasteiger partial charge in [0, 0.05) is 41.5 Å². The van der Waals surface area contributed by atoms with E-state index in [2.05, 4.69) is 32.6 Å². The number of pyridine rings is 1. The van der Waals surface area contributed by atoms with E-state index in [1.807, 2.05) is 17.3 Å². The molecule has 2 aliphatic carbocycles. The number of alkyl halides is 2. The van der Waals surface area contributed by atoms with E-state index in [1.165, 1.54) is 18.3 Å². The zero-order valence-corrected chi connectivity index (χ0v) is 21.7. The number of nitrogens with zero attached hydrogens (tertiary/aromatic N) is 3. The van der Waals surface area contributed by atoms with E-state index in [-0.39, 0.29) is 17.9 Å². The number of anilines is 2. The van der Waals surface area contributed by atoms with Crippen molar-refractivity contribution in [2.24, 2.45) is 5.41 Å². The van der Waals surface area contributed by atoms with Crippen molar-refractivity contribution in [2.45, 2.75) is 50.6 Å². The van der Waals surface area contributed by atoms with E-state index in [1.54, 1.807) is 18.2 Å². The Morgan fingerprint density at radius 1 is 1.21 bits per heavy atom. The summed E-state index contributed by atoms with van der Waals surface area (Å²) in [4.78, 5) is 4.38. The van der Waals surface area contributed by atoms with Gasteiger partial charge in [0.1, 0.15) is 11.9 Å². The first-order chi connectivity index (χ1) is 18.9. The van der Waals surface area contributed by atoms with Crippen molar-refractivity contribution in [1.29, 1.82) is 5.26 Å². The molecule has 2 aromatic carbocycles. The van der Waals surface area contributed by atoms with Crippen LogP contribution in [0.2, 0.25) is 5.02 Å². The fraction of sp³-hybridized carbons (Fsp3) is 0.357. The van der Waals surface area contributed by atoms with Crippen LogP contribution in [0.1, 0.15) is 49.3 Å². The first-order valence-corrected chi connectivity index (χ1v) is 13.3. The van der Waals surface area contributed by atoms with Crippen LogP contribution in [0.3, 0.4) is 0 Å². The lowest BCUT2D eigenvalue weighted by Crippen LogP contribution is -2.43. The second kappa shape index (κ2) is 10.1. The minimum Gasteiger partial charge on any atom is -0.383 e. The highest BCUT2D eigenvalue weighted by Gasteiger charge is 2.45. The number of aromatic nitrogens is 1. The third-order valence-electron chi connectivity index (χ3n) is 7.85. The van der Waals surface area contributed by atoms with E-state index in [0.717, 1.165) is 30.5 Å². The van der Waals surface area contributed by atoms with Crippen molar-refractivity contribution < 1.29 is 13.2 Å². The Labute approximate surface area is 229 Å². The van der Waals surface area contributed by atoms with Gasteiger partial charge in [-0.15, -0.1) is 5.53 Å². The van der Waals surface area contributed by atoms with Crippen LogP contribution in [0.4, 0.5) is 24.5 Å². The largest absolute Gasteiger partial charge is 0.383 e. The molecule has 2 fully saturated rings. The molecule has 0 saturated heterocycles. The highest BCUT2D eigenvalue weighted by Crippen LogP contribution is 2.46. The zero-order chi connectivity index (χ0) is 27.1. The Hall–Kier alpha value is -3.68. The molecular formula is C28H27ClF3N7. The van der Waals surface area contributed by atoms with E-state index in [9.17, 15) is 18.4 Å². The van der Waals surface area contributed by atoms with Gasteiger partial charge in [0.05, 0.1) is 33.5 Å². The van der Waals surface area contributed by atoms with Crippen molar-refractivity contribution in [3.63, 3.8) is 0 Å². The molecule has 3 aliphatic rings. The molecule has 39 heavy (non-hydrogen) atoms. The Balaban J connectivity index is 1.37. The number of halogens is 4. The van der Waals surface area contributed by atoms with Crippen LogP contribution in [0, 0.1) is 22.6 Å². The van der Waals surface area contributed by atoms with E-state index in [0.29, 0.717) is 46.2 Å². The van der Waals surface area contributed by atoms with E-state index < -0.39 is 17.9 Å². The van der Waals surface area contributed by atoms with Gasteiger partial charge in [-0.1, -0.05) is 30.2 Å². The number of nitrogens with one attached hydrogen (secondary N) is 4. The summed E-state index contributed by atoms with van der Waals surface area (Å²) in [7, 11) is 0. The van der Waals surface area contributed by atoms with Gasteiger partial charge in [-0.25, -0.2) is 13.2 Å². The molecule has 3 aromatic rings. The van der Waals surface area contributed by atoms with Crippen LogP contribution >= 0.6 is 11.6 Å². The summed E-state index contributed by atoms with van der Waals surface area (Å²) < 4.78 is 41.4. The average Bonchev–Trinajstić information content (AvgIpc) is 3.63. The maximum Gasteiger partial charge on any atom is 0.245 e. The fourth-order valence-corrected chi connectivity index (χ4v) is 5.46. The number of rotatable bonds is 9. The lowest BCUT2D eigenvalue weighted by molar-refractivity contribution is -0.0500. The van der Waals surface area contributed by atoms with Crippen molar-refractivity contribution in [3.8, 4) is 6.07 Å². The summed E-state index contributed by atoms with van der Waals surface area (Å²) in [5.74, 6) is -0.337. The number of nitriles is 1. The van der Waals surface area contributed by atoms with E-state index >= 15 is 0 Å². The molecule has 0 bridgehead atoms. The predicted molar refractivity (Wildman–Crippen MR) is 144 cm³/mol. The molecule has 4 N–H and O–H groups in total. The molecule has 1 atom stereocenters. The highest BCUT2D eigenvalue weighted by atomic mass is 35.5. The van der Waals surface area contributed by atoms with Gasteiger partial charge < -0.3 is 16.1 Å². The maximum absolute atomic E-state index is 13.8. The smallest absolute Gasteiger partial charge is 0.245 e. The molecule has 0 amide bonds. The molecule has 11 heteroatoms. The van der Waals surface area contributed by atoms with Gasteiger partial charge in [-0.2, -0.15) is 5.26 Å². The Morgan fingerprint density at radius 3 is 2.62 bits per heavy atom. The normalized spacial score (nSPS) is 18.8. The Morgan fingerprint density at radius 2 is 1.97 bits per heavy atom. The summed E-state index contributed by atoms with van der Waals surface area (Å²) in [6, 6.07) is 11.9. The minimum absolute atomic E-state index is 0.0470. The SMILES string of the molecule is N#Cc1cnc2c(Cl)cc(NC(C3=CN(C4CC4)NN3)c3ccc(F)cc3)cc2c1NCC1(C(F)F)CCC1. The monoisotopic (exact) mass is 553 g/mol. The molecule has 7 nitrogen and oxygen atoms in total. The fourth-order valence-electron chi connectivity index (χ4n) is 5.19. The van der Waals surface area contributed by atoms with Crippen LogP contribution < -0.4 is 21.6 Å². The lowest BCUT2D eigenvalue weighted by atomic mass is 9.69. The molecule has 2 saturated carbocycles. The molecule has 2 heterocycles. The van der Waals surface area contributed by atoms with Crippen molar-refractivity contribution in [3.05, 3.63) is 76.5 Å². The van der Waals surface area contributed by atoms with Gasteiger partial charge in [0.15, 0.2) is 0 Å². The first-order valence-electron chi connectivity index (χ1n) is 12.9. The molecule has 0 radical (unpaired) electrons. The maximum atomic E-state index is 13.8. The van der Waals surface area contributed by atoms with Crippen LogP contribution in [-0.4, -0.2) is 29.0 Å². The predicted octanol–water partition coefficient (Wildman–Crippen LogP) is 6.23. The molecule has 6 rings (SSSR count). The van der Waals surface area contributed by atoms with Gasteiger partial charge in [-0.05, 0) is 55.5 Å².